The number of pyridine rings is 1. The second kappa shape index (κ2) is 10.0. The molecule has 1 aliphatic heterocycles. The number of nitrogens with one attached hydrogen (secondary N) is 1. The van der Waals surface area contributed by atoms with E-state index in [9.17, 15) is 13.2 Å². The molecule has 4 rings (SSSR count). The van der Waals surface area contributed by atoms with Crippen LogP contribution in [0.4, 0.5) is 30.5 Å². The first kappa shape index (κ1) is 24.0. The quantitative estimate of drug-likeness (QED) is 0.508. The van der Waals surface area contributed by atoms with Crippen molar-refractivity contribution in [3.63, 3.8) is 0 Å². The van der Waals surface area contributed by atoms with Crippen molar-refractivity contribution in [2.24, 2.45) is 0 Å². The van der Waals surface area contributed by atoms with Crippen molar-refractivity contribution >= 4 is 28.9 Å². The summed E-state index contributed by atoms with van der Waals surface area (Å²) in [6, 6.07) is 8.59. The van der Waals surface area contributed by atoms with E-state index in [1.807, 2.05) is 23.9 Å². The van der Waals surface area contributed by atoms with Crippen LogP contribution in [-0.4, -0.2) is 53.6 Å². The minimum absolute atomic E-state index is 0.198. The number of hydrogen-bond acceptors (Lipinski definition) is 7. The molecule has 3 aromatic rings. The number of rotatable bonds is 7. The van der Waals surface area contributed by atoms with Crippen molar-refractivity contribution < 1.29 is 17.9 Å². The largest absolute Gasteiger partial charge is 0.462 e. The molecule has 0 saturated heterocycles. The number of aromatic nitrogens is 3. The molecule has 34 heavy (non-hydrogen) atoms. The van der Waals surface area contributed by atoms with Gasteiger partial charge >= 0.3 is 12.2 Å². The van der Waals surface area contributed by atoms with E-state index >= 15 is 0 Å². The molecule has 0 amide bonds. The second-order valence-corrected chi connectivity index (χ2v) is 8.52. The zero-order chi connectivity index (χ0) is 24.3. The third kappa shape index (κ3) is 5.68. The van der Waals surface area contributed by atoms with Crippen molar-refractivity contribution in [1.29, 1.82) is 0 Å². The van der Waals surface area contributed by atoms with Gasteiger partial charge in [-0.2, -0.15) is 23.1 Å². The van der Waals surface area contributed by atoms with Crippen LogP contribution in [0.1, 0.15) is 16.8 Å². The van der Waals surface area contributed by atoms with Crippen LogP contribution in [0, 0.1) is 0 Å². The normalized spacial score (nSPS) is 13.7. The van der Waals surface area contributed by atoms with Gasteiger partial charge in [0.2, 0.25) is 0 Å². The Hall–Kier alpha value is -3.11. The van der Waals surface area contributed by atoms with Crippen LogP contribution >= 0.6 is 11.6 Å². The molecule has 0 aliphatic carbocycles. The van der Waals surface area contributed by atoms with Gasteiger partial charge in [0.1, 0.15) is 18.2 Å². The van der Waals surface area contributed by atoms with Crippen LogP contribution in [0.5, 0.6) is 6.01 Å². The Balaban J connectivity index is 1.63. The number of halogens is 4. The van der Waals surface area contributed by atoms with Gasteiger partial charge < -0.3 is 19.9 Å². The first-order valence-electron chi connectivity index (χ1n) is 10.7. The van der Waals surface area contributed by atoms with Crippen molar-refractivity contribution in [3.05, 3.63) is 64.4 Å². The zero-order valence-electron chi connectivity index (χ0n) is 18.7. The molecule has 11 heteroatoms. The van der Waals surface area contributed by atoms with E-state index in [1.54, 1.807) is 18.3 Å². The number of alkyl halides is 3. The molecule has 0 radical (unpaired) electrons. The van der Waals surface area contributed by atoms with E-state index in [4.69, 9.17) is 16.3 Å². The Bertz CT molecular complexity index is 1140. The fourth-order valence-corrected chi connectivity index (χ4v) is 3.81. The molecule has 0 saturated carbocycles. The lowest BCUT2D eigenvalue weighted by Crippen LogP contribution is -2.33. The molecule has 3 heterocycles. The fraction of sp³-hybridized carbons (Fsp3) is 0.348. The van der Waals surface area contributed by atoms with Crippen LogP contribution in [0.2, 0.25) is 5.02 Å². The molecular formula is C23H24ClF3N6O. The smallest absolute Gasteiger partial charge is 0.416 e. The Labute approximate surface area is 200 Å². The number of likely N-dealkylation sites (N-methyl/N-ethyl adjacent to an activating group) is 1. The highest BCUT2D eigenvalue weighted by Gasteiger charge is 2.30. The summed E-state index contributed by atoms with van der Waals surface area (Å²) in [5.41, 5.74) is 1.40. The van der Waals surface area contributed by atoms with E-state index in [2.05, 4.69) is 20.3 Å². The van der Waals surface area contributed by atoms with Crippen LogP contribution in [0.15, 0.2) is 42.6 Å². The van der Waals surface area contributed by atoms with Gasteiger partial charge in [-0.3, -0.25) is 0 Å². The lowest BCUT2D eigenvalue weighted by atomic mass is 10.1. The molecule has 180 valence electrons. The fourth-order valence-electron chi connectivity index (χ4n) is 3.57. The highest BCUT2D eigenvalue weighted by atomic mass is 35.5. The maximum Gasteiger partial charge on any atom is 0.416 e. The lowest BCUT2D eigenvalue weighted by Gasteiger charge is -2.30. The third-order valence-electron chi connectivity index (χ3n) is 5.33. The maximum absolute atomic E-state index is 12.9. The number of ether oxygens (including phenoxy) is 1. The van der Waals surface area contributed by atoms with Crippen molar-refractivity contribution in [3.8, 4) is 6.01 Å². The first-order chi connectivity index (χ1) is 16.2. The van der Waals surface area contributed by atoms with Crippen LogP contribution in [0.3, 0.4) is 0 Å². The molecule has 0 bridgehead atoms. The van der Waals surface area contributed by atoms with Gasteiger partial charge in [-0.25, -0.2) is 4.98 Å². The Kier molecular flexibility index (Phi) is 7.08. The highest BCUT2D eigenvalue weighted by Crippen LogP contribution is 2.33. The highest BCUT2D eigenvalue weighted by molar-refractivity contribution is 6.32. The van der Waals surface area contributed by atoms with E-state index in [1.165, 1.54) is 12.1 Å². The number of fused-ring (bicyclic) bond motifs is 1. The molecule has 1 aromatic carbocycles. The van der Waals surface area contributed by atoms with Gasteiger partial charge in [0, 0.05) is 30.5 Å². The van der Waals surface area contributed by atoms with Crippen LogP contribution in [0.25, 0.3) is 0 Å². The average Bonchev–Trinajstić information content (AvgIpc) is 2.78. The summed E-state index contributed by atoms with van der Waals surface area (Å²) in [6.45, 7) is 2.15. The summed E-state index contributed by atoms with van der Waals surface area (Å²) in [4.78, 5) is 17.5. The molecular weight excluding hydrogens is 469 g/mol. The maximum atomic E-state index is 12.9. The van der Waals surface area contributed by atoms with E-state index in [0.29, 0.717) is 55.0 Å². The van der Waals surface area contributed by atoms with Gasteiger partial charge in [-0.1, -0.05) is 11.6 Å². The summed E-state index contributed by atoms with van der Waals surface area (Å²) in [5.74, 6) is 1.18. The summed E-state index contributed by atoms with van der Waals surface area (Å²) >= 11 is 6.34. The Morgan fingerprint density at radius 2 is 1.91 bits per heavy atom. The van der Waals surface area contributed by atoms with Crippen LogP contribution < -0.4 is 15.0 Å². The monoisotopic (exact) mass is 492 g/mol. The lowest BCUT2D eigenvalue weighted by molar-refractivity contribution is -0.137. The molecule has 1 N–H and O–H groups in total. The average molecular weight is 493 g/mol. The topological polar surface area (TPSA) is 66.4 Å². The van der Waals surface area contributed by atoms with E-state index in [-0.39, 0.29) is 6.01 Å². The standard InChI is InChI=1S/C23H24ClF3N6O/c1-32(2)12-13-34-22-30-19-14-33(21-18(24)4-3-10-28-21)11-9-17(19)20(31-22)29-16-7-5-15(6-8-16)23(25,26)27/h3-8,10H,9,11-14H2,1-2H3,(H,29,30,31). The van der Waals surface area contributed by atoms with Crippen molar-refractivity contribution in [2.75, 3.05) is 44.0 Å². The predicted molar refractivity (Wildman–Crippen MR) is 125 cm³/mol. The summed E-state index contributed by atoms with van der Waals surface area (Å²) in [7, 11) is 3.87. The van der Waals surface area contributed by atoms with Crippen LogP contribution in [-0.2, 0) is 19.1 Å². The third-order valence-corrected chi connectivity index (χ3v) is 5.62. The number of hydrogen-bond donors (Lipinski definition) is 1. The molecule has 1 aliphatic rings. The van der Waals surface area contributed by atoms with Gasteiger partial charge in [0.15, 0.2) is 0 Å². The Morgan fingerprint density at radius 3 is 2.59 bits per heavy atom. The molecule has 0 unspecified atom stereocenters. The molecule has 0 atom stereocenters. The summed E-state index contributed by atoms with van der Waals surface area (Å²) < 4.78 is 44.6. The SMILES string of the molecule is CN(C)CCOc1nc2c(c(Nc3ccc(C(F)(F)F)cc3)n1)CCN(c1ncccc1Cl)C2. The zero-order valence-corrected chi connectivity index (χ0v) is 19.5. The molecule has 7 nitrogen and oxygen atoms in total. The molecule has 2 aromatic heterocycles. The molecule has 0 fully saturated rings. The van der Waals surface area contributed by atoms with Gasteiger partial charge in [0.25, 0.3) is 0 Å². The van der Waals surface area contributed by atoms with E-state index < -0.39 is 11.7 Å². The number of benzene rings is 1. The summed E-state index contributed by atoms with van der Waals surface area (Å²) in [5, 5.41) is 3.69. The minimum Gasteiger partial charge on any atom is -0.462 e. The van der Waals surface area contributed by atoms with Crippen molar-refractivity contribution in [1.82, 2.24) is 19.9 Å². The first-order valence-corrected chi connectivity index (χ1v) is 11.1. The van der Waals surface area contributed by atoms with Gasteiger partial charge in [-0.15, -0.1) is 0 Å². The second-order valence-electron chi connectivity index (χ2n) is 8.11. The minimum atomic E-state index is -4.39. The number of nitrogens with zero attached hydrogens (tertiary/aromatic N) is 5. The molecule has 0 spiro atoms. The predicted octanol–water partition coefficient (Wildman–Crippen LogP) is 4.79. The van der Waals surface area contributed by atoms with Crippen molar-refractivity contribution in [2.45, 2.75) is 19.1 Å². The van der Waals surface area contributed by atoms with Gasteiger partial charge in [-0.05, 0) is 56.9 Å². The van der Waals surface area contributed by atoms with Gasteiger partial charge in [0.05, 0.1) is 22.8 Å². The van der Waals surface area contributed by atoms with E-state index in [0.717, 1.165) is 23.4 Å². The number of anilines is 3. The Morgan fingerprint density at radius 1 is 1.15 bits per heavy atom. The summed E-state index contributed by atoms with van der Waals surface area (Å²) in [6.07, 6.45) is -2.11.